The number of halogens is 3. The summed E-state index contributed by atoms with van der Waals surface area (Å²) in [6.07, 6.45) is 0.854. The molecule has 144 valence electrons. The van der Waals surface area contributed by atoms with Crippen molar-refractivity contribution in [1.29, 1.82) is 0 Å². The zero-order chi connectivity index (χ0) is 19.4. The van der Waals surface area contributed by atoms with E-state index in [4.69, 9.17) is 0 Å². The zero-order valence-electron chi connectivity index (χ0n) is 15.1. The van der Waals surface area contributed by atoms with Crippen LogP contribution in [0.15, 0.2) is 42.5 Å². The quantitative estimate of drug-likeness (QED) is 0.861. The van der Waals surface area contributed by atoms with Crippen LogP contribution in [0.25, 0.3) is 0 Å². The minimum Gasteiger partial charge on any atom is -0.371 e. The van der Waals surface area contributed by atoms with E-state index < -0.39 is 11.6 Å². The molecule has 1 heterocycles. The highest BCUT2D eigenvalue weighted by Crippen LogP contribution is 2.25. The molecule has 1 fully saturated rings. The molecule has 1 aliphatic heterocycles. The number of hydrogen-bond donors (Lipinski definition) is 1. The van der Waals surface area contributed by atoms with E-state index in [1.54, 1.807) is 25.2 Å². The molecule has 3 rings (SSSR count). The van der Waals surface area contributed by atoms with Crippen molar-refractivity contribution in [2.24, 2.45) is 5.92 Å². The lowest BCUT2D eigenvalue weighted by Gasteiger charge is -2.21. The number of anilines is 1. The van der Waals surface area contributed by atoms with Gasteiger partial charge in [0.05, 0.1) is 0 Å². The fraction of sp³-hybridized carbons (Fsp3) is 0.350. The van der Waals surface area contributed by atoms with Gasteiger partial charge in [0, 0.05) is 45.0 Å². The Bertz CT molecular complexity index is 815. The molecule has 2 aromatic rings. The molecule has 1 N–H and O–H groups in total. The van der Waals surface area contributed by atoms with E-state index in [9.17, 15) is 18.0 Å². The topological polar surface area (TPSA) is 35.6 Å². The third-order valence-electron chi connectivity index (χ3n) is 4.75. The van der Waals surface area contributed by atoms with Crippen LogP contribution in [0.5, 0.6) is 0 Å². The highest BCUT2D eigenvalue weighted by Gasteiger charge is 2.24. The normalized spacial score (nSPS) is 16.4. The predicted octanol–water partition coefficient (Wildman–Crippen LogP) is 3.77. The first-order chi connectivity index (χ1) is 12.9. The molecule has 2 aromatic carbocycles. The van der Waals surface area contributed by atoms with Crippen LogP contribution in [0.1, 0.15) is 12.0 Å². The van der Waals surface area contributed by atoms with Crippen LogP contribution in [-0.2, 0) is 6.54 Å². The number of nitrogens with one attached hydrogen (secondary N) is 1. The summed E-state index contributed by atoms with van der Waals surface area (Å²) in [7, 11) is 1.66. The molecule has 0 saturated carbocycles. The zero-order valence-corrected chi connectivity index (χ0v) is 15.1. The van der Waals surface area contributed by atoms with Crippen LogP contribution in [-0.4, -0.2) is 37.6 Å². The smallest absolute Gasteiger partial charge is 0.317 e. The highest BCUT2D eigenvalue weighted by atomic mass is 19.2. The first kappa shape index (κ1) is 19.1. The Hall–Kier alpha value is -2.70. The molecule has 1 aliphatic rings. The Morgan fingerprint density at radius 3 is 2.74 bits per heavy atom. The Kier molecular flexibility index (Phi) is 5.88. The predicted molar refractivity (Wildman–Crippen MR) is 97.9 cm³/mol. The summed E-state index contributed by atoms with van der Waals surface area (Å²) >= 11 is 0. The highest BCUT2D eigenvalue weighted by molar-refractivity contribution is 5.73. The van der Waals surface area contributed by atoms with Crippen LogP contribution in [0.2, 0.25) is 0 Å². The first-order valence-corrected chi connectivity index (χ1v) is 8.86. The number of carbonyl (C=O) groups is 1. The van der Waals surface area contributed by atoms with Gasteiger partial charge in [-0.3, -0.25) is 0 Å². The molecular formula is C20H22F3N3O. The average Bonchev–Trinajstić information content (AvgIpc) is 3.11. The SMILES string of the molecule is CN(Cc1cccc(F)c1)C(=O)NCC1CCN(c2ccc(F)c(F)c2)C1. The van der Waals surface area contributed by atoms with Gasteiger partial charge in [0.1, 0.15) is 5.82 Å². The number of rotatable bonds is 5. The molecule has 1 atom stereocenters. The van der Waals surface area contributed by atoms with Crippen molar-refractivity contribution < 1.29 is 18.0 Å². The van der Waals surface area contributed by atoms with Gasteiger partial charge in [0.2, 0.25) is 0 Å². The Labute approximate surface area is 156 Å². The minimum absolute atomic E-state index is 0.227. The van der Waals surface area contributed by atoms with E-state index in [1.807, 2.05) is 4.90 Å². The lowest BCUT2D eigenvalue weighted by atomic mass is 10.1. The number of hydrogen-bond acceptors (Lipinski definition) is 2. The largest absolute Gasteiger partial charge is 0.371 e. The second-order valence-corrected chi connectivity index (χ2v) is 6.87. The van der Waals surface area contributed by atoms with Crippen molar-refractivity contribution in [1.82, 2.24) is 10.2 Å². The van der Waals surface area contributed by atoms with Gasteiger partial charge in [-0.1, -0.05) is 12.1 Å². The molecule has 0 aliphatic carbocycles. The standard InChI is InChI=1S/C20H22F3N3O/c1-25(12-14-3-2-4-16(21)9-14)20(27)24-11-15-7-8-26(13-15)17-5-6-18(22)19(23)10-17/h2-6,9-10,15H,7-8,11-13H2,1H3,(H,24,27). The van der Waals surface area contributed by atoms with Gasteiger partial charge in [-0.15, -0.1) is 0 Å². The molecule has 0 spiro atoms. The molecular weight excluding hydrogens is 355 g/mol. The van der Waals surface area contributed by atoms with Crippen molar-refractivity contribution in [3.05, 3.63) is 65.5 Å². The minimum atomic E-state index is -0.858. The van der Waals surface area contributed by atoms with Crippen LogP contribution >= 0.6 is 0 Å². The molecule has 2 amide bonds. The molecule has 0 aromatic heterocycles. The van der Waals surface area contributed by atoms with Crippen LogP contribution < -0.4 is 10.2 Å². The number of benzene rings is 2. The average molecular weight is 377 g/mol. The number of carbonyl (C=O) groups excluding carboxylic acids is 1. The molecule has 0 bridgehead atoms. The van der Waals surface area contributed by atoms with Crippen LogP contribution in [0.3, 0.4) is 0 Å². The molecule has 1 unspecified atom stereocenters. The van der Waals surface area contributed by atoms with E-state index in [1.165, 1.54) is 23.1 Å². The molecule has 1 saturated heterocycles. The van der Waals surface area contributed by atoms with Crippen molar-refractivity contribution >= 4 is 11.7 Å². The molecule has 7 heteroatoms. The maximum absolute atomic E-state index is 13.4. The Balaban J connectivity index is 1.47. The maximum Gasteiger partial charge on any atom is 0.317 e. The molecule has 0 radical (unpaired) electrons. The summed E-state index contributed by atoms with van der Waals surface area (Å²) in [5.74, 6) is -1.82. The fourth-order valence-electron chi connectivity index (χ4n) is 3.26. The molecule has 4 nitrogen and oxygen atoms in total. The van der Waals surface area contributed by atoms with Crippen molar-refractivity contribution in [2.75, 3.05) is 31.6 Å². The summed E-state index contributed by atoms with van der Waals surface area (Å²) in [5.41, 5.74) is 1.36. The third kappa shape index (κ3) is 4.93. The summed E-state index contributed by atoms with van der Waals surface area (Å²) < 4.78 is 39.7. The van der Waals surface area contributed by atoms with Crippen molar-refractivity contribution in [3.63, 3.8) is 0 Å². The van der Waals surface area contributed by atoms with Gasteiger partial charge in [-0.25, -0.2) is 18.0 Å². The number of urea groups is 1. The summed E-state index contributed by atoms with van der Waals surface area (Å²) in [4.78, 5) is 15.7. The van der Waals surface area contributed by atoms with E-state index in [0.717, 1.165) is 24.6 Å². The summed E-state index contributed by atoms with van der Waals surface area (Å²) in [6.45, 7) is 2.20. The fourth-order valence-corrected chi connectivity index (χ4v) is 3.26. The summed E-state index contributed by atoms with van der Waals surface area (Å²) in [6, 6.07) is 9.80. The van der Waals surface area contributed by atoms with E-state index in [-0.39, 0.29) is 17.8 Å². The molecule has 27 heavy (non-hydrogen) atoms. The number of nitrogens with zero attached hydrogens (tertiary/aromatic N) is 2. The second-order valence-electron chi connectivity index (χ2n) is 6.87. The van der Waals surface area contributed by atoms with Gasteiger partial charge in [-0.2, -0.15) is 0 Å². The summed E-state index contributed by atoms with van der Waals surface area (Å²) in [5, 5.41) is 2.88. The lowest BCUT2D eigenvalue weighted by Crippen LogP contribution is -2.39. The van der Waals surface area contributed by atoms with E-state index in [2.05, 4.69) is 5.32 Å². The van der Waals surface area contributed by atoms with Crippen molar-refractivity contribution in [2.45, 2.75) is 13.0 Å². The Morgan fingerprint density at radius 1 is 1.19 bits per heavy atom. The van der Waals surface area contributed by atoms with Gasteiger partial charge in [-0.05, 0) is 42.2 Å². The van der Waals surface area contributed by atoms with E-state index >= 15 is 0 Å². The lowest BCUT2D eigenvalue weighted by molar-refractivity contribution is 0.205. The van der Waals surface area contributed by atoms with Crippen LogP contribution in [0.4, 0.5) is 23.7 Å². The first-order valence-electron chi connectivity index (χ1n) is 8.86. The van der Waals surface area contributed by atoms with Gasteiger partial charge in [0.25, 0.3) is 0 Å². The van der Waals surface area contributed by atoms with E-state index in [0.29, 0.717) is 25.3 Å². The maximum atomic E-state index is 13.4. The number of amides is 2. The van der Waals surface area contributed by atoms with Gasteiger partial charge >= 0.3 is 6.03 Å². The van der Waals surface area contributed by atoms with Gasteiger partial charge < -0.3 is 15.1 Å². The second kappa shape index (κ2) is 8.33. The Morgan fingerprint density at radius 2 is 2.00 bits per heavy atom. The van der Waals surface area contributed by atoms with Gasteiger partial charge in [0.15, 0.2) is 11.6 Å². The van der Waals surface area contributed by atoms with Crippen molar-refractivity contribution in [3.8, 4) is 0 Å². The van der Waals surface area contributed by atoms with Crippen LogP contribution in [0, 0.1) is 23.4 Å². The third-order valence-corrected chi connectivity index (χ3v) is 4.75. The monoisotopic (exact) mass is 377 g/mol.